The van der Waals surface area contributed by atoms with Crippen LogP contribution in [-0.2, 0) is 15.9 Å². The third kappa shape index (κ3) is 4.59. The zero-order chi connectivity index (χ0) is 20.8. The maximum Gasteiger partial charge on any atom is 0.408 e. The molecule has 8 heteroatoms. The first-order chi connectivity index (χ1) is 13.6. The molecule has 2 aromatic rings. The lowest BCUT2D eigenvalue weighted by Gasteiger charge is -2.41. The lowest BCUT2D eigenvalue weighted by atomic mass is 9.91. The first-order valence-corrected chi connectivity index (χ1v) is 10.9. The van der Waals surface area contributed by atoms with Gasteiger partial charge in [-0.3, -0.25) is 0 Å². The van der Waals surface area contributed by atoms with E-state index in [4.69, 9.17) is 19.2 Å². The molecule has 1 saturated heterocycles. The Morgan fingerprint density at radius 3 is 2.86 bits per heavy atom. The van der Waals surface area contributed by atoms with Crippen LogP contribution in [0.2, 0.25) is 0 Å². The van der Waals surface area contributed by atoms with Crippen LogP contribution in [0.1, 0.15) is 46.6 Å². The molecule has 0 unspecified atom stereocenters. The third-order valence-electron chi connectivity index (χ3n) is 5.09. The Kier molecular flexibility index (Phi) is 5.11. The highest BCUT2D eigenvalue weighted by Crippen LogP contribution is 2.37. The van der Waals surface area contributed by atoms with E-state index in [2.05, 4.69) is 30.5 Å². The van der Waals surface area contributed by atoms with Crippen LogP contribution in [0.4, 0.5) is 9.93 Å². The van der Waals surface area contributed by atoms with E-state index in [0.29, 0.717) is 13.2 Å². The minimum atomic E-state index is -0.544. The monoisotopic (exact) mass is 419 g/mol. The number of rotatable bonds is 3. The maximum absolute atomic E-state index is 12.3. The van der Waals surface area contributed by atoms with Crippen molar-refractivity contribution in [3.63, 3.8) is 0 Å². The predicted molar refractivity (Wildman–Crippen MR) is 114 cm³/mol. The number of carbonyl (C=O) groups excluding carboxylic acids is 1. The van der Waals surface area contributed by atoms with Gasteiger partial charge in [0.15, 0.2) is 5.13 Å². The second-order valence-electron chi connectivity index (χ2n) is 9.28. The molecule has 1 aromatic heterocycles. The van der Waals surface area contributed by atoms with Crippen LogP contribution in [0.3, 0.4) is 0 Å². The van der Waals surface area contributed by atoms with Gasteiger partial charge >= 0.3 is 6.09 Å². The molecule has 7 nitrogen and oxygen atoms in total. The number of hydrogen-bond acceptors (Lipinski definition) is 7. The highest BCUT2D eigenvalue weighted by Gasteiger charge is 2.38. The molecule has 2 aliphatic heterocycles. The van der Waals surface area contributed by atoms with Crippen LogP contribution in [0, 0.1) is 0 Å². The number of fused-ring (bicyclic) bond motifs is 3. The van der Waals surface area contributed by atoms with Crippen LogP contribution in [-0.4, -0.2) is 47.6 Å². The summed E-state index contributed by atoms with van der Waals surface area (Å²) in [5.74, 6) is 0.936. The van der Waals surface area contributed by atoms with Gasteiger partial charge in [-0.15, -0.1) is 0 Å². The molecule has 158 valence electrons. The van der Waals surface area contributed by atoms with Crippen LogP contribution in [0.5, 0.6) is 5.75 Å². The lowest BCUT2D eigenvalue weighted by Crippen LogP contribution is -2.57. The Labute approximate surface area is 175 Å². The Hall–Kier alpha value is -2.06. The second kappa shape index (κ2) is 7.32. The zero-order valence-corrected chi connectivity index (χ0v) is 18.4. The maximum atomic E-state index is 12.3. The SMILES string of the molecule is CC(C)(C)OC(=O)N[C@@H]1COC(C)(C)C[C@@H]1Nc1nc2c3c(ccc2s1)OCC3. The smallest absolute Gasteiger partial charge is 0.408 e. The summed E-state index contributed by atoms with van der Waals surface area (Å²) in [6.45, 7) is 10.8. The van der Waals surface area contributed by atoms with Gasteiger partial charge in [-0.05, 0) is 53.2 Å². The standard InChI is InChI=1S/C21H29N3O4S/c1-20(2,3)28-19(25)23-14-11-27-21(4,5)10-13(14)22-18-24-17-12-8-9-26-15(12)6-7-16(17)29-18/h6-7,13-14H,8-11H2,1-5H3,(H,22,24)(H,23,25)/t13-,14+/m0/s1. The normalized spacial score (nSPS) is 23.3. The summed E-state index contributed by atoms with van der Waals surface area (Å²) in [4.78, 5) is 17.2. The van der Waals surface area contributed by atoms with E-state index in [0.717, 1.165) is 33.9 Å². The average Bonchev–Trinajstić information content (AvgIpc) is 3.20. The zero-order valence-electron chi connectivity index (χ0n) is 17.6. The van der Waals surface area contributed by atoms with E-state index in [-0.39, 0.29) is 17.7 Å². The fourth-order valence-corrected chi connectivity index (χ4v) is 4.76. The van der Waals surface area contributed by atoms with Crippen LogP contribution < -0.4 is 15.4 Å². The van der Waals surface area contributed by atoms with E-state index < -0.39 is 11.7 Å². The molecule has 0 spiro atoms. The molecule has 0 aliphatic carbocycles. The molecule has 29 heavy (non-hydrogen) atoms. The molecule has 2 atom stereocenters. The summed E-state index contributed by atoms with van der Waals surface area (Å²) in [5, 5.41) is 7.37. The van der Waals surface area contributed by atoms with Crippen molar-refractivity contribution in [1.29, 1.82) is 0 Å². The van der Waals surface area contributed by atoms with Gasteiger partial charge < -0.3 is 24.8 Å². The van der Waals surface area contributed by atoms with E-state index in [1.807, 2.05) is 26.8 Å². The number of ether oxygens (including phenoxy) is 3. The number of carbonyl (C=O) groups is 1. The predicted octanol–water partition coefficient (Wildman–Crippen LogP) is 4.10. The first kappa shape index (κ1) is 20.2. The molecule has 1 fully saturated rings. The van der Waals surface area contributed by atoms with Gasteiger partial charge in [0.05, 0.1) is 41.1 Å². The van der Waals surface area contributed by atoms with Gasteiger partial charge in [-0.25, -0.2) is 9.78 Å². The Morgan fingerprint density at radius 2 is 2.10 bits per heavy atom. The second-order valence-corrected chi connectivity index (χ2v) is 10.3. The van der Waals surface area contributed by atoms with Gasteiger partial charge in [0.2, 0.25) is 0 Å². The summed E-state index contributed by atoms with van der Waals surface area (Å²) < 4.78 is 18.2. The van der Waals surface area contributed by atoms with Gasteiger partial charge in [0, 0.05) is 12.0 Å². The molecule has 1 amide bonds. The molecule has 3 heterocycles. The van der Waals surface area contributed by atoms with Crippen LogP contribution in [0.25, 0.3) is 10.2 Å². The summed E-state index contributed by atoms with van der Waals surface area (Å²) in [5.41, 5.74) is 1.37. The molecular formula is C21H29N3O4S. The number of benzene rings is 1. The Balaban J connectivity index is 1.53. The van der Waals surface area contributed by atoms with Crippen molar-refractivity contribution in [2.45, 2.75) is 70.7 Å². The quantitative estimate of drug-likeness (QED) is 0.779. The fraction of sp³-hybridized carbons (Fsp3) is 0.619. The average molecular weight is 420 g/mol. The number of aromatic nitrogens is 1. The van der Waals surface area contributed by atoms with Gasteiger partial charge in [-0.2, -0.15) is 0 Å². The van der Waals surface area contributed by atoms with Gasteiger partial charge in [0.1, 0.15) is 11.4 Å². The summed E-state index contributed by atoms with van der Waals surface area (Å²) in [6, 6.07) is 3.86. The fourth-order valence-electron chi connectivity index (χ4n) is 3.81. The Morgan fingerprint density at radius 1 is 1.31 bits per heavy atom. The molecule has 2 aliphatic rings. The topological polar surface area (TPSA) is 81.7 Å². The third-order valence-corrected chi connectivity index (χ3v) is 6.05. The van der Waals surface area contributed by atoms with E-state index in [9.17, 15) is 4.79 Å². The van der Waals surface area contributed by atoms with Crippen molar-refractivity contribution in [3.05, 3.63) is 17.7 Å². The van der Waals surface area contributed by atoms with Crippen LogP contribution >= 0.6 is 11.3 Å². The molecule has 0 saturated carbocycles. The highest BCUT2D eigenvalue weighted by molar-refractivity contribution is 7.22. The van der Waals surface area contributed by atoms with Crippen molar-refractivity contribution >= 4 is 32.8 Å². The van der Waals surface area contributed by atoms with E-state index in [1.54, 1.807) is 11.3 Å². The minimum absolute atomic E-state index is 0.0175. The lowest BCUT2D eigenvalue weighted by molar-refractivity contribution is -0.0706. The largest absolute Gasteiger partial charge is 0.493 e. The van der Waals surface area contributed by atoms with Crippen molar-refractivity contribution < 1.29 is 19.0 Å². The van der Waals surface area contributed by atoms with Crippen molar-refractivity contribution in [3.8, 4) is 5.75 Å². The number of thiazole rings is 1. The highest BCUT2D eigenvalue weighted by atomic mass is 32.1. The molecule has 4 rings (SSSR count). The van der Waals surface area contributed by atoms with E-state index >= 15 is 0 Å². The van der Waals surface area contributed by atoms with Crippen LogP contribution in [0.15, 0.2) is 12.1 Å². The number of amides is 1. The molecule has 0 bridgehead atoms. The molecular weight excluding hydrogens is 390 g/mol. The van der Waals surface area contributed by atoms with Gasteiger partial charge in [0.25, 0.3) is 0 Å². The summed E-state index contributed by atoms with van der Waals surface area (Å²) >= 11 is 1.63. The van der Waals surface area contributed by atoms with Crippen molar-refractivity contribution in [2.24, 2.45) is 0 Å². The number of nitrogens with one attached hydrogen (secondary N) is 2. The summed E-state index contributed by atoms with van der Waals surface area (Å²) in [7, 11) is 0. The molecule has 1 aromatic carbocycles. The van der Waals surface area contributed by atoms with Gasteiger partial charge in [-0.1, -0.05) is 11.3 Å². The molecule has 0 radical (unpaired) electrons. The number of hydrogen-bond donors (Lipinski definition) is 2. The molecule has 2 N–H and O–H groups in total. The number of alkyl carbamates (subject to hydrolysis) is 1. The van der Waals surface area contributed by atoms with Crippen molar-refractivity contribution in [2.75, 3.05) is 18.5 Å². The summed E-state index contributed by atoms with van der Waals surface area (Å²) in [6.07, 6.45) is 1.20. The van der Waals surface area contributed by atoms with E-state index in [1.165, 1.54) is 5.56 Å². The van der Waals surface area contributed by atoms with Crippen molar-refractivity contribution in [1.82, 2.24) is 10.3 Å². The number of anilines is 1. The first-order valence-electron chi connectivity index (χ1n) is 10.0. The minimum Gasteiger partial charge on any atom is -0.493 e. The Bertz CT molecular complexity index is 919. The number of nitrogens with zero attached hydrogens (tertiary/aromatic N) is 1.